The van der Waals surface area contributed by atoms with E-state index >= 15 is 0 Å². The number of amides is 1. The van der Waals surface area contributed by atoms with Crippen molar-refractivity contribution < 1.29 is 9.21 Å². The van der Waals surface area contributed by atoms with Crippen LogP contribution in [0.25, 0.3) is 23.0 Å². The first kappa shape index (κ1) is 17.6. The van der Waals surface area contributed by atoms with E-state index in [0.717, 1.165) is 22.6 Å². The van der Waals surface area contributed by atoms with Crippen molar-refractivity contribution in [1.82, 2.24) is 0 Å². The largest absolute Gasteiger partial charge is 0.457 e. The molecule has 1 aliphatic rings. The fourth-order valence-corrected chi connectivity index (χ4v) is 3.55. The Hall–Kier alpha value is -2.78. The molecule has 0 radical (unpaired) electrons. The molecule has 2 aromatic carbocycles. The summed E-state index contributed by atoms with van der Waals surface area (Å²) in [5.74, 6) is 1.78. The lowest BCUT2D eigenvalue weighted by molar-refractivity contribution is -0.113. The van der Waals surface area contributed by atoms with Crippen LogP contribution in [0.5, 0.6) is 0 Å². The number of nitrogens with zero attached hydrogens (tertiary/aromatic N) is 1. The molecule has 3 nitrogen and oxygen atoms in total. The maximum Gasteiger partial charge on any atom is 0.259 e. The molecule has 0 aliphatic carbocycles. The van der Waals surface area contributed by atoms with Gasteiger partial charge in [-0.05, 0) is 42.3 Å². The van der Waals surface area contributed by atoms with E-state index in [2.05, 4.69) is 13.8 Å². The van der Waals surface area contributed by atoms with Crippen LogP contribution in [0.4, 0.5) is 5.69 Å². The molecule has 0 fully saturated rings. The predicted octanol–water partition coefficient (Wildman–Crippen LogP) is 6.14. The standard InChI is InChI=1S/C23H20ClNO2/c1-15(2)14-25-21-9-4-3-8-19(21)20(23(25)26)13-18-10-11-22(27-18)16-6-5-7-17(24)12-16/h3-13,15H,14H2,1-2H3/b20-13-. The van der Waals surface area contributed by atoms with Gasteiger partial charge in [0.2, 0.25) is 0 Å². The normalized spacial score (nSPS) is 15.0. The van der Waals surface area contributed by atoms with E-state index in [1.165, 1.54) is 0 Å². The highest BCUT2D eigenvalue weighted by molar-refractivity contribution is 6.35. The van der Waals surface area contributed by atoms with Gasteiger partial charge in [0.25, 0.3) is 5.91 Å². The number of hydrogen-bond donors (Lipinski definition) is 0. The van der Waals surface area contributed by atoms with Crippen molar-refractivity contribution in [3.63, 3.8) is 0 Å². The van der Waals surface area contributed by atoms with Crippen LogP contribution in [0.1, 0.15) is 25.2 Å². The second-order valence-corrected chi connectivity index (χ2v) is 7.53. The van der Waals surface area contributed by atoms with Gasteiger partial charge in [0.1, 0.15) is 11.5 Å². The monoisotopic (exact) mass is 377 g/mol. The van der Waals surface area contributed by atoms with E-state index in [1.54, 1.807) is 0 Å². The molecule has 0 saturated heterocycles. The first-order valence-corrected chi connectivity index (χ1v) is 9.39. The molecule has 27 heavy (non-hydrogen) atoms. The van der Waals surface area contributed by atoms with Gasteiger partial charge in [0, 0.05) is 22.7 Å². The van der Waals surface area contributed by atoms with Crippen molar-refractivity contribution in [3.05, 3.63) is 77.0 Å². The van der Waals surface area contributed by atoms with Gasteiger partial charge in [-0.1, -0.05) is 55.8 Å². The van der Waals surface area contributed by atoms with Crippen LogP contribution in [-0.4, -0.2) is 12.5 Å². The lowest BCUT2D eigenvalue weighted by Gasteiger charge is -2.19. The lowest BCUT2D eigenvalue weighted by Crippen LogP contribution is -2.30. The van der Waals surface area contributed by atoms with E-state index in [-0.39, 0.29) is 5.91 Å². The quantitative estimate of drug-likeness (QED) is 0.511. The number of hydrogen-bond acceptors (Lipinski definition) is 2. The van der Waals surface area contributed by atoms with Crippen molar-refractivity contribution >= 4 is 34.8 Å². The molecule has 0 atom stereocenters. The number of carbonyl (C=O) groups is 1. The number of carbonyl (C=O) groups excluding carboxylic acids is 1. The first-order valence-electron chi connectivity index (χ1n) is 9.01. The summed E-state index contributed by atoms with van der Waals surface area (Å²) >= 11 is 6.07. The van der Waals surface area contributed by atoms with Gasteiger partial charge in [-0.25, -0.2) is 0 Å². The van der Waals surface area contributed by atoms with Crippen molar-refractivity contribution in [3.8, 4) is 11.3 Å². The maximum absolute atomic E-state index is 13.0. The molecule has 4 heteroatoms. The highest BCUT2D eigenvalue weighted by Crippen LogP contribution is 2.38. The lowest BCUT2D eigenvalue weighted by atomic mass is 10.1. The summed E-state index contributed by atoms with van der Waals surface area (Å²) in [7, 11) is 0. The summed E-state index contributed by atoms with van der Waals surface area (Å²) in [5, 5.41) is 0.660. The average Bonchev–Trinajstić information content (AvgIpc) is 3.21. The van der Waals surface area contributed by atoms with E-state index in [0.29, 0.717) is 28.8 Å². The van der Waals surface area contributed by atoms with Gasteiger partial charge in [0.05, 0.1) is 11.3 Å². The van der Waals surface area contributed by atoms with Crippen LogP contribution >= 0.6 is 11.6 Å². The maximum atomic E-state index is 13.0. The number of benzene rings is 2. The Kier molecular flexibility index (Phi) is 4.63. The van der Waals surface area contributed by atoms with Gasteiger partial charge < -0.3 is 9.32 Å². The topological polar surface area (TPSA) is 33.5 Å². The average molecular weight is 378 g/mol. The minimum absolute atomic E-state index is 0.0191. The second kappa shape index (κ2) is 7.09. The zero-order valence-corrected chi connectivity index (χ0v) is 16.0. The summed E-state index contributed by atoms with van der Waals surface area (Å²) < 4.78 is 5.96. The summed E-state index contributed by atoms with van der Waals surface area (Å²) in [5.41, 5.74) is 3.48. The minimum Gasteiger partial charge on any atom is -0.457 e. The Morgan fingerprint density at radius 1 is 1.07 bits per heavy atom. The first-order chi connectivity index (χ1) is 13.0. The van der Waals surface area contributed by atoms with Crippen molar-refractivity contribution in [2.24, 2.45) is 5.92 Å². The fraction of sp³-hybridized carbons (Fsp3) is 0.174. The van der Waals surface area contributed by atoms with Gasteiger partial charge in [-0.2, -0.15) is 0 Å². The van der Waals surface area contributed by atoms with Gasteiger partial charge in [-0.3, -0.25) is 4.79 Å². The van der Waals surface area contributed by atoms with E-state index in [4.69, 9.17) is 16.0 Å². The highest BCUT2D eigenvalue weighted by atomic mass is 35.5. The molecule has 136 valence electrons. The molecule has 1 amide bonds. The van der Waals surface area contributed by atoms with Gasteiger partial charge in [-0.15, -0.1) is 0 Å². The Morgan fingerprint density at radius 3 is 2.67 bits per heavy atom. The SMILES string of the molecule is CC(C)CN1C(=O)/C(=C\c2ccc(-c3cccc(Cl)c3)o2)c2ccccc21. The van der Waals surface area contributed by atoms with Crippen molar-refractivity contribution in [2.75, 3.05) is 11.4 Å². The number of furan rings is 1. The summed E-state index contributed by atoms with van der Waals surface area (Å²) in [6.07, 6.45) is 1.83. The molecule has 1 aliphatic heterocycles. The molecule has 3 aromatic rings. The Labute approximate surface area is 163 Å². The molecule has 0 saturated carbocycles. The van der Waals surface area contributed by atoms with Gasteiger partial charge in [0.15, 0.2) is 0 Å². The van der Waals surface area contributed by atoms with Crippen LogP contribution < -0.4 is 4.90 Å². The molecule has 0 spiro atoms. The third-order valence-electron chi connectivity index (χ3n) is 4.53. The van der Waals surface area contributed by atoms with Gasteiger partial charge >= 0.3 is 0 Å². The summed E-state index contributed by atoms with van der Waals surface area (Å²) in [6.45, 7) is 4.92. The number of fused-ring (bicyclic) bond motifs is 1. The number of halogens is 1. The van der Waals surface area contributed by atoms with E-state index < -0.39 is 0 Å². The Morgan fingerprint density at radius 2 is 1.89 bits per heavy atom. The third-order valence-corrected chi connectivity index (χ3v) is 4.77. The molecule has 4 rings (SSSR count). The minimum atomic E-state index is 0.0191. The number of para-hydroxylation sites is 1. The predicted molar refractivity (Wildman–Crippen MR) is 111 cm³/mol. The zero-order chi connectivity index (χ0) is 19.0. The molecule has 0 N–H and O–H groups in total. The number of anilines is 1. The molecule has 1 aromatic heterocycles. The Balaban J connectivity index is 1.71. The van der Waals surface area contributed by atoms with Crippen LogP contribution in [0.15, 0.2) is 65.1 Å². The highest BCUT2D eigenvalue weighted by Gasteiger charge is 2.32. The number of rotatable bonds is 4. The molecular formula is C23H20ClNO2. The molecule has 0 bridgehead atoms. The van der Waals surface area contributed by atoms with E-state index in [9.17, 15) is 4.79 Å². The van der Waals surface area contributed by atoms with Crippen LogP contribution in [0.3, 0.4) is 0 Å². The third kappa shape index (κ3) is 3.43. The summed E-state index contributed by atoms with van der Waals surface area (Å²) in [6, 6.07) is 19.2. The molecule has 2 heterocycles. The van der Waals surface area contributed by atoms with Crippen LogP contribution in [0, 0.1) is 5.92 Å². The van der Waals surface area contributed by atoms with Crippen LogP contribution in [0.2, 0.25) is 5.02 Å². The fourth-order valence-electron chi connectivity index (χ4n) is 3.36. The smallest absolute Gasteiger partial charge is 0.259 e. The second-order valence-electron chi connectivity index (χ2n) is 7.10. The molecule has 0 unspecified atom stereocenters. The zero-order valence-electron chi connectivity index (χ0n) is 15.3. The Bertz CT molecular complexity index is 1030. The van der Waals surface area contributed by atoms with E-state index in [1.807, 2.05) is 71.6 Å². The van der Waals surface area contributed by atoms with Crippen molar-refractivity contribution in [1.29, 1.82) is 0 Å². The summed E-state index contributed by atoms with van der Waals surface area (Å²) in [4.78, 5) is 14.9. The van der Waals surface area contributed by atoms with Crippen LogP contribution in [-0.2, 0) is 4.79 Å². The molecular weight excluding hydrogens is 358 g/mol. The van der Waals surface area contributed by atoms with Crippen molar-refractivity contribution in [2.45, 2.75) is 13.8 Å².